The summed E-state index contributed by atoms with van der Waals surface area (Å²) >= 11 is 3.40. The van der Waals surface area contributed by atoms with E-state index in [1.54, 1.807) is 17.0 Å². The third kappa shape index (κ3) is 5.54. The van der Waals surface area contributed by atoms with Crippen molar-refractivity contribution in [3.05, 3.63) is 34.3 Å². The van der Waals surface area contributed by atoms with Gasteiger partial charge in [-0.1, -0.05) is 22.0 Å². The zero-order valence-corrected chi connectivity index (χ0v) is 17.6. The molecule has 2 fully saturated rings. The van der Waals surface area contributed by atoms with Gasteiger partial charge in [0.1, 0.15) is 6.54 Å². The Morgan fingerprint density at radius 1 is 1.18 bits per heavy atom. The third-order valence-electron chi connectivity index (χ3n) is 5.18. The molecule has 152 valence electrons. The molecule has 7 nitrogen and oxygen atoms in total. The molecule has 3 amide bonds. The Labute approximate surface area is 174 Å². The molecule has 8 heteroatoms. The largest absolute Gasteiger partial charge is 0.343 e. The predicted octanol–water partition coefficient (Wildman–Crippen LogP) is 1.34. The molecule has 1 aromatic rings. The molecule has 2 heterocycles. The number of likely N-dealkylation sites (tertiary alicyclic amines) is 1. The van der Waals surface area contributed by atoms with Gasteiger partial charge in [0.15, 0.2) is 0 Å². The first-order valence-electron chi connectivity index (χ1n) is 9.86. The number of benzene rings is 1. The van der Waals surface area contributed by atoms with Crippen molar-refractivity contribution in [2.24, 2.45) is 0 Å². The van der Waals surface area contributed by atoms with Crippen LogP contribution in [-0.2, 0) is 9.59 Å². The van der Waals surface area contributed by atoms with Crippen LogP contribution in [0.25, 0.3) is 0 Å². The lowest BCUT2D eigenvalue weighted by Gasteiger charge is -2.31. The van der Waals surface area contributed by atoms with E-state index in [0.29, 0.717) is 44.6 Å². The number of carbonyl (C=O) groups excluding carboxylic acids is 3. The molecule has 1 N–H and O–H groups in total. The van der Waals surface area contributed by atoms with Gasteiger partial charge in [0.05, 0.1) is 0 Å². The van der Waals surface area contributed by atoms with E-state index in [9.17, 15) is 14.4 Å². The number of nitrogens with one attached hydrogen (secondary N) is 1. The maximum absolute atomic E-state index is 13.0. The van der Waals surface area contributed by atoms with E-state index in [1.165, 1.54) is 0 Å². The van der Waals surface area contributed by atoms with Crippen LogP contribution < -0.4 is 5.32 Å². The van der Waals surface area contributed by atoms with Crippen LogP contribution in [-0.4, -0.2) is 84.8 Å². The Morgan fingerprint density at radius 3 is 2.64 bits per heavy atom. The molecule has 28 heavy (non-hydrogen) atoms. The molecule has 0 unspecified atom stereocenters. The third-order valence-corrected chi connectivity index (χ3v) is 5.68. The zero-order chi connectivity index (χ0) is 19.9. The van der Waals surface area contributed by atoms with E-state index < -0.39 is 0 Å². The van der Waals surface area contributed by atoms with Gasteiger partial charge in [-0.2, -0.15) is 0 Å². The summed E-state index contributed by atoms with van der Waals surface area (Å²) in [6.07, 6.45) is 2.18. The molecule has 2 saturated heterocycles. The standard InChI is InChI=1S/C20H27BrN4O3/c21-17-5-1-4-16(14-17)20(28)25(11-3-10-23-9-2-6-18(23)26)15-19(27)24-12-7-22-8-13-24/h1,4-5,14,22H,2-3,6-13,15H2. The summed E-state index contributed by atoms with van der Waals surface area (Å²) < 4.78 is 0.828. The van der Waals surface area contributed by atoms with Crippen molar-refractivity contribution in [2.45, 2.75) is 19.3 Å². The number of amides is 3. The minimum Gasteiger partial charge on any atom is -0.343 e. The van der Waals surface area contributed by atoms with Crippen molar-refractivity contribution < 1.29 is 14.4 Å². The summed E-state index contributed by atoms with van der Waals surface area (Å²) in [5, 5.41) is 3.23. The van der Waals surface area contributed by atoms with Gasteiger partial charge in [-0.3, -0.25) is 14.4 Å². The molecule has 2 aliphatic heterocycles. The first-order chi connectivity index (χ1) is 13.5. The van der Waals surface area contributed by atoms with E-state index in [4.69, 9.17) is 0 Å². The minimum absolute atomic E-state index is 0.0258. The van der Waals surface area contributed by atoms with Crippen LogP contribution in [0, 0.1) is 0 Å². The first kappa shape index (κ1) is 20.8. The van der Waals surface area contributed by atoms with E-state index in [1.807, 2.05) is 21.9 Å². The number of rotatable bonds is 7. The second-order valence-corrected chi connectivity index (χ2v) is 8.12. The Hall–Kier alpha value is -1.93. The number of halogens is 1. The molecule has 1 aromatic carbocycles. The van der Waals surface area contributed by atoms with Gasteiger partial charge in [-0.15, -0.1) is 0 Å². The maximum Gasteiger partial charge on any atom is 0.254 e. The summed E-state index contributed by atoms with van der Waals surface area (Å²) in [6, 6.07) is 7.22. The van der Waals surface area contributed by atoms with Crippen LogP contribution in [0.15, 0.2) is 28.7 Å². The smallest absolute Gasteiger partial charge is 0.254 e. The second kappa shape index (κ2) is 10.0. The number of nitrogens with zero attached hydrogens (tertiary/aromatic N) is 3. The average molecular weight is 451 g/mol. The summed E-state index contributed by atoms with van der Waals surface area (Å²) in [5.41, 5.74) is 0.555. The second-order valence-electron chi connectivity index (χ2n) is 7.21. The quantitative estimate of drug-likeness (QED) is 0.679. The van der Waals surface area contributed by atoms with Gasteiger partial charge in [0, 0.05) is 62.3 Å². The monoisotopic (exact) mass is 450 g/mol. The predicted molar refractivity (Wildman–Crippen MR) is 110 cm³/mol. The Kier molecular flexibility index (Phi) is 7.44. The number of hydrogen-bond donors (Lipinski definition) is 1. The molecular weight excluding hydrogens is 424 g/mol. The molecule has 0 aromatic heterocycles. The van der Waals surface area contributed by atoms with Crippen LogP contribution in [0.3, 0.4) is 0 Å². The van der Waals surface area contributed by atoms with Gasteiger partial charge >= 0.3 is 0 Å². The lowest BCUT2D eigenvalue weighted by Crippen LogP contribution is -2.50. The summed E-state index contributed by atoms with van der Waals surface area (Å²) in [4.78, 5) is 42.8. The van der Waals surface area contributed by atoms with E-state index in [0.717, 1.165) is 30.5 Å². The van der Waals surface area contributed by atoms with Crippen LogP contribution in [0.4, 0.5) is 0 Å². The van der Waals surface area contributed by atoms with Crippen LogP contribution in [0.5, 0.6) is 0 Å². The topological polar surface area (TPSA) is 73.0 Å². The van der Waals surface area contributed by atoms with Gasteiger partial charge in [-0.25, -0.2) is 0 Å². The van der Waals surface area contributed by atoms with Crippen molar-refractivity contribution in [1.82, 2.24) is 20.0 Å². The number of piperazine rings is 1. The van der Waals surface area contributed by atoms with Crippen molar-refractivity contribution in [3.63, 3.8) is 0 Å². The normalized spacial score (nSPS) is 17.1. The van der Waals surface area contributed by atoms with E-state index in [-0.39, 0.29) is 24.3 Å². The first-order valence-corrected chi connectivity index (χ1v) is 10.6. The molecule has 0 spiro atoms. The average Bonchev–Trinajstić information content (AvgIpc) is 3.12. The van der Waals surface area contributed by atoms with Crippen molar-refractivity contribution in [1.29, 1.82) is 0 Å². The summed E-state index contributed by atoms with van der Waals surface area (Å²) in [6.45, 7) is 4.83. The Morgan fingerprint density at radius 2 is 1.96 bits per heavy atom. The fourth-order valence-corrected chi connectivity index (χ4v) is 4.03. The molecule has 0 atom stereocenters. The fourth-order valence-electron chi connectivity index (χ4n) is 3.63. The molecule has 3 rings (SSSR count). The highest BCUT2D eigenvalue weighted by Gasteiger charge is 2.24. The van der Waals surface area contributed by atoms with Gasteiger partial charge < -0.3 is 20.0 Å². The number of carbonyl (C=O) groups is 3. The van der Waals surface area contributed by atoms with Crippen molar-refractivity contribution in [2.75, 3.05) is 52.4 Å². The minimum atomic E-state index is -0.155. The highest BCUT2D eigenvalue weighted by atomic mass is 79.9. The van der Waals surface area contributed by atoms with Crippen molar-refractivity contribution in [3.8, 4) is 0 Å². The molecule has 2 aliphatic rings. The fraction of sp³-hybridized carbons (Fsp3) is 0.550. The SMILES string of the molecule is O=C1CCCN1CCCN(CC(=O)N1CCNCC1)C(=O)c1cccc(Br)c1. The lowest BCUT2D eigenvalue weighted by atomic mass is 10.2. The van der Waals surface area contributed by atoms with Crippen molar-refractivity contribution >= 4 is 33.7 Å². The van der Waals surface area contributed by atoms with Gasteiger partial charge in [0.25, 0.3) is 5.91 Å². The highest BCUT2D eigenvalue weighted by Crippen LogP contribution is 2.15. The molecular formula is C20H27BrN4O3. The lowest BCUT2D eigenvalue weighted by molar-refractivity contribution is -0.132. The summed E-state index contributed by atoms with van der Waals surface area (Å²) in [5.74, 6) is 0.00129. The number of hydrogen-bond acceptors (Lipinski definition) is 4. The molecule has 0 saturated carbocycles. The van der Waals surface area contributed by atoms with E-state index in [2.05, 4.69) is 21.2 Å². The highest BCUT2D eigenvalue weighted by molar-refractivity contribution is 9.10. The van der Waals surface area contributed by atoms with Gasteiger partial charge in [0.2, 0.25) is 11.8 Å². The zero-order valence-electron chi connectivity index (χ0n) is 16.0. The Balaban J connectivity index is 1.64. The summed E-state index contributed by atoms with van der Waals surface area (Å²) in [7, 11) is 0. The van der Waals surface area contributed by atoms with Crippen LogP contribution in [0.2, 0.25) is 0 Å². The molecule has 0 radical (unpaired) electrons. The molecule has 0 aliphatic carbocycles. The maximum atomic E-state index is 13.0. The van der Waals surface area contributed by atoms with Crippen LogP contribution in [0.1, 0.15) is 29.6 Å². The Bertz CT molecular complexity index is 721. The van der Waals surface area contributed by atoms with Gasteiger partial charge in [-0.05, 0) is 31.0 Å². The molecule has 0 bridgehead atoms. The van der Waals surface area contributed by atoms with Crippen LogP contribution >= 0.6 is 15.9 Å². The van der Waals surface area contributed by atoms with E-state index >= 15 is 0 Å².